The Labute approximate surface area is 111 Å². The Balaban J connectivity index is 2.54. The van der Waals surface area contributed by atoms with Crippen LogP contribution in [0.4, 0.5) is 0 Å². The molecule has 0 bridgehead atoms. The van der Waals surface area contributed by atoms with Crippen LogP contribution in [-0.4, -0.2) is 31.3 Å². The van der Waals surface area contributed by atoms with Gasteiger partial charge in [0, 0.05) is 6.42 Å². The molecule has 1 N–H and O–H groups in total. The van der Waals surface area contributed by atoms with Crippen molar-refractivity contribution in [3.05, 3.63) is 35.4 Å². The number of hydrogen-bond acceptors (Lipinski definition) is 4. The fraction of sp³-hybridized carbons (Fsp3) is 0.357. The van der Waals surface area contributed by atoms with E-state index in [-0.39, 0.29) is 24.7 Å². The van der Waals surface area contributed by atoms with Gasteiger partial charge >= 0.3 is 5.97 Å². The van der Waals surface area contributed by atoms with Gasteiger partial charge in [0.15, 0.2) is 0 Å². The third-order valence-corrected chi connectivity index (χ3v) is 2.47. The number of rotatable bonds is 6. The van der Waals surface area contributed by atoms with Crippen LogP contribution in [0.15, 0.2) is 24.3 Å². The van der Waals surface area contributed by atoms with Crippen molar-refractivity contribution in [2.45, 2.75) is 19.8 Å². The molecule has 0 fully saturated rings. The molecule has 1 aromatic rings. The van der Waals surface area contributed by atoms with Crippen molar-refractivity contribution >= 4 is 17.7 Å². The molecule has 19 heavy (non-hydrogen) atoms. The number of Topliss-reactive ketones (excluding diaryl/α,β-unsaturated/α-hetero) is 1. The van der Waals surface area contributed by atoms with Crippen molar-refractivity contribution in [1.82, 2.24) is 5.32 Å². The van der Waals surface area contributed by atoms with Gasteiger partial charge in [-0.1, -0.05) is 24.3 Å². The van der Waals surface area contributed by atoms with Crippen LogP contribution >= 0.6 is 0 Å². The van der Waals surface area contributed by atoms with E-state index in [1.165, 1.54) is 14.0 Å². The maximum atomic E-state index is 11.6. The maximum Gasteiger partial charge on any atom is 0.325 e. The predicted octanol–water partition coefficient (Wildman–Crippen LogP) is 0.650. The number of ether oxygens (including phenoxy) is 1. The first-order valence-electron chi connectivity index (χ1n) is 5.92. The molecule has 0 saturated heterocycles. The predicted molar refractivity (Wildman–Crippen MR) is 69.6 cm³/mol. The smallest absolute Gasteiger partial charge is 0.325 e. The Hall–Kier alpha value is -2.17. The van der Waals surface area contributed by atoms with Gasteiger partial charge in [-0.15, -0.1) is 0 Å². The largest absolute Gasteiger partial charge is 0.468 e. The highest BCUT2D eigenvalue weighted by molar-refractivity contribution is 5.83. The van der Waals surface area contributed by atoms with Crippen molar-refractivity contribution < 1.29 is 19.1 Å². The van der Waals surface area contributed by atoms with E-state index in [0.717, 1.165) is 11.1 Å². The van der Waals surface area contributed by atoms with Crippen molar-refractivity contribution in [3.63, 3.8) is 0 Å². The van der Waals surface area contributed by atoms with Crippen molar-refractivity contribution in [1.29, 1.82) is 0 Å². The second-order valence-electron chi connectivity index (χ2n) is 4.23. The lowest BCUT2D eigenvalue weighted by atomic mass is 10.0. The summed E-state index contributed by atoms with van der Waals surface area (Å²) in [4.78, 5) is 33.5. The normalized spacial score (nSPS) is 9.79. The number of carbonyl (C=O) groups excluding carboxylic acids is 3. The standard InChI is InChI=1S/C14H17NO4/c1-10(16)6-11-4-3-5-12(7-11)8-13(17)15-9-14(18)19-2/h3-5,7H,6,8-9H2,1-2H3,(H,15,17). The van der Waals surface area contributed by atoms with Crippen LogP contribution in [0.3, 0.4) is 0 Å². The summed E-state index contributed by atoms with van der Waals surface area (Å²) in [5.74, 6) is -0.670. The number of benzene rings is 1. The highest BCUT2D eigenvalue weighted by atomic mass is 16.5. The highest BCUT2D eigenvalue weighted by Crippen LogP contribution is 2.07. The van der Waals surface area contributed by atoms with E-state index >= 15 is 0 Å². The molecule has 0 aliphatic heterocycles. The first-order chi connectivity index (χ1) is 9.01. The summed E-state index contributed by atoms with van der Waals surface area (Å²) >= 11 is 0. The average Bonchev–Trinajstić information content (AvgIpc) is 2.35. The van der Waals surface area contributed by atoms with Crippen LogP contribution in [0, 0.1) is 0 Å². The molecule has 0 unspecified atom stereocenters. The molecule has 0 aromatic heterocycles. The minimum atomic E-state index is -0.487. The Morgan fingerprint density at radius 2 is 1.79 bits per heavy atom. The summed E-state index contributed by atoms with van der Waals surface area (Å²) in [6, 6.07) is 7.28. The van der Waals surface area contributed by atoms with Gasteiger partial charge in [-0.25, -0.2) is 0 Å². The SMILES string of the molecule is COC(=O)CNC(=O)Cc1cccc(CC(C)=O)c1. The van der Waals surface area contributed by atoms with E-state index in [1.807, 2.05) is 12.1 Å². The average molecular weight is 263 g/mol. The minimum Gasteiger partial charge on any atom is -0.468 e. The van der Waals surface area contributed by atoms with Gasteiger partial charge in [0.2, 0.25) is 5.91 Å². The second-order valence-corrected chi connectivity index (χ2v) is 4.23. The van der Waals surface area contributed by atoms with Crippen molar-refractivity contribution in [2.75, 3.05) is 13.7 Å². The molecule has 5 nitrogen and oxygen atoms in total. The first-order valence-corrected chi connectivity index (χ1v) is 5.92. The maximum absolute atomic E-state index is 11.6. The molecule has 0 saturated carbocycles. The van der Waals surface area contributed by atoms with Crippen LogP contribution in [0.1, 0.15) is 18.1 Å². The molecule has 1 rings (SSSR count). The topological polar surface area (TPSA) is 72.5 Å². The van der Waals surface area contributed by atoms with E-state index in [0.29, 0.717) is 6.42 Å². The molecule has 0 aliphatic rings. The number of carbonyl (C=O) groups is 3. The summed E-state index contributed by atoms with van der Waals surface area (Å²) in [5, 5.41) is 2.46. The Morgan fingerprint density at radius 3 is 2.37 bits per heavy atom. The lowest BCUT2D eigenvalue weighted by Gasteiger charge is -2.05. The Bertz CT molecular complexity index is 482. The molecule has 0 radical (unpaired) electrons. The summed E-state index contributed by atoms with van der Waals surface area (Å²) in [7, 11) is 1.26. The summed E-state index contributed by atoms with van der Waals surface area (Å²) < 4.78 is 4.42. The molecule has 0 spiro atoms. The van der Waals surface area contributed by atoms with Crippen LogP contribution in [-0.2, 0) is 32.0 Å². The van der Waals surface area contributed by atoms with Gasteiger partial charge in [-0.05, 0) is 18.1 Å². The third-order valence-electron chi connectivity index (χ3n) is 2.47. The second kappa shape index (κ2) is 7.31. The Kier molecular flexibility index (Phi) is 5.73. The van der Waals surface area contributed by atoms with Gasteiger partial charge in [0.25, 0.3) is 0 Å². The van der Waals surface area contributed by atoms with Crippen LogP contribution in [0.25, 0.3) is 0 Å². The van der Waals surface area contributed by atoms with Crippen molar-refractivity contribution in [2.24, 2.45) is 0 Å². The monoisotopic (exact) mass is 263 g/mol. The Morgan fingerprint density at radius 1 is 1.16 bits per heavy atom. The number of esters is 1. The van der Waals surface area contributed by atoms with Gasteiger partial charge in [0.05, 0.1) is 13.5 Å². The van der Waals surface area contributed by atoms with Crippen LogP contribution in [0.2, 0.25) is 0 Å². The highest BCUT2D eigenvalue weighted by Gasteiger charge is 2.07. The zero-order valence-corrected chi connectivity index (χ0v) is 11.1. The van der Waals surface area contributed by atoms with E-state index in [1.54, 1.807) is 12.1 Å². The number of nitrogens with one attached hydrogen (secondary N) is 1. The van der Waals surface area contributed by atoms with E-state index in [4.69, 9.17) is 0 Å². The third kappa shape index (κ3) is 5.81. The summed E-state index contributed by atoms with van der Waals surface area (Å²) in [6.07, 6.45) is 0.528. The molecule has 1 amide bonds. The zero-order chi connectivity index (χ0) is 14.3. The first kappa shape index (κ1) is 14.9. The number of hydrogen-bond donors (Lipinski definition) is 1. The van der Waals surface area contributed by atoms with E-state index in [2.05, 4.69) is 10.1 Å². The summed E-state index contributed by atoms with van der Waals surface area (Å²) in [6.45, 7) is 1.39. The molecular formula is C14H17NO4. The van der Waals surface area contributed by atoms with Crippen LogP contribution in [0.5, 0.6) is 0 Å². The minimum absolute atomic E-state index is 0.0762. The molecule has 1 aromatic carbocycles. The number of ketones is 1. The molecule has 0 heterocycles. The van der Waals surface area contributed by atoms with Gasteiger partial charge < -0.3 is 10.1 Å². The molecule has 0 aliphatic carbocycles. The van der Waals surface area contributed by atoms with Crippen LogP contribution < -0.4 is 5.32 Å². The molecule has 0 atom stereocenters. The quantitative estimate of drug-likeness (QED) is 0.765. The lowest BCUT2D eigenvalue weighted by Crippen LogP contribution is -2.31. The number of amides is 1. The molecule has 102 valence electrons. The fourth-order valence-corrected chi connectivity index (χ4v) is 1.63. The van der Waals surface area contributed by atoms with E-state index in [9.17, 15) is 14.4 Å². The molecular weight excluding hydrogens is 246 g/mol. The van der Waals surface area contributed by atoms with Gasteiger partial charge in [0.1, 0.15) is 12.3 Å². The van der Waals surface area contributed by atoms with Crippen molar-refractivity contribution in [3.8, 4) is 0 Å². The lowest BCUT2D eigenvalue weighted by molar-refractivity contribution is -0.141. The zero-order valence-electron chi connectivity index (χ0n) is 11.1. The van der Waals surface area contributed by atoms with Gasteiger partial charge in [-0.2, -0.15) is 0 Å². The molecule has 5 heteroatoms. The summed E-state index contributed by atoms with van der Waals surface area (Å²) in [5.41, 5.74) is 1.69. The van der Waals surface area contributed by atoms with E-state index < -0.39 is 5.97 Å². The van der Waals surface area contributed by atoms with Gasteiger partial charge in [-0.3, -0.25) is 14.4 Å². The fourth-order valence-electron chi connectivity index (χ4n) is 1.63. The number of methoxy groups -OCH3 is 1.